The molecule has 1 N–H and O–H groups in total. The molecule has 1 heterocycles. The van der Waals surface area contributed by atoms with Gasteiger partial charge >= 0.3 is 0 Å². The van der Waals surface area contributed by atoms with Gasteiger partial charge in [-0.1, -0.05) is 25.1 Å². The molecule has 0 saturated heterocycles. The SMILES string of the molecule is CCNCc1ccccc1-n1cccc1. The van der Waals surface area contributed by atoms with Crippen molar-refractivity contribution >= 4 is 0 Å². The van der Waals surface area contributed by atoms with Crippen molar-refractivity contribution in [3.8, 4) is 5.69 Å². The van der Waals surface area contributed by atoms with Crippen LogP contribution < -0.4 is 5.32 Å². The number of hydrogen-bond donors (Lipinski definition) is 1. The highest BCUT2D eigenvalue weighted by atomic mass is 15.0. The van der Waals surface area contributed by atoms with Gasteiger partial charge in [0.1, 0.15) is 0 Å². The van der Waals surface area contributed by atoms with E-state index >= 15 is 0 Å². The Hall–Kier alpha value is -1.54. The average molecular weight is 200 g/mol. The predicted molar refractivity (Wildman–Crippen MR) is 63.1 cm³/mol. The molecule has 15 heavy (non-hydrogen) atoms. The van der Waals surface area contributed by atoms with Crippen molar-refractivity contribution in [2.45, 2.75) is 13.5 Å². The molecule has 0 aliphatic heterocycles. The predicted octanol–water partition coefficient (Wildman–Crippen LogP) is 2.59. The maximum Gasteiger partial charge on any atom is 0.0494 e. The van der Waals surface area contributed by atoms with Crippen LogP contribution in [0, 0.1) is 0 Å². The summed E-state index contributed by atoms with van der Waals surface area (Å²) in [4.78, 5) is 0. The summed E-state index contributed by atoms with van der Waals surface area (Å²) in [5.74, 6) is 0. The first-order valence-electron chi connectivity index (χ1n) is 5.34. The van der Waals surface area contributed by atoms with Gasteiger partial charge in [0.05, 0.1) is 0 Å². The van der Waals surface area contributed by atoms with Gasteiger partial charge in [-0.25, -0.2) is 0 Å². The molecule has 0 radical (unpaired) electrons. The second kappa shape index (κ2) is 4.80. The van der Waals surface area contributed by atoms with E-state index in [2.05, 4.69) is 53.5 Å². The van der Waals surface area contributed by atoms with Gasteiger partial charge in [0.2, 0.25) is 0 Å². The van der Waals surface area contributed by atoms with E-state index in [9.17, 15) is 0 Å². The molecule has 0 spiro atoms. The molecule has 0 fully saturated rings. The number of hydrogen-bond acceptors (Lipinski definition) is 1. The molecule has 1 aromatic carbocycles. The van der Waals surface area contributed by atoms with Crippen molar-refractivity contribution in [3.63, 3.8) is 0 Å². The lowest BCUT2D eigenvalue weighted by molar-refractivity contribution is 0.722. The molecule has 78 valence electrons. The standard InChI is InChI=1S/C13H16N2/c1-2-14-11-12-7-3-4-8-13(12)15-9-5-6-10-15/h3-10,14H,2,11H2,1H3. The van der Waals surface area contributed by atoms with E-state index in [4.69, 9.17) is 0 Å². The van der Waals surface area contributed by atoms with Crippen LogP contribution in [0.5, 0.6) is 0 Å². The molecule has 0 saturated carbocycles. The van der Waals surface area contributed by atoms with Gasteiger partial charge in [-0.05, 0) is 30.3 Å². The lowest BCUT2D eigenvalue weighted by atomic mass is 10.1. The summed E-state index contributed by atoms with van der Waals surface area (Å²) in [6.07, 6.45) is 4.15. The molecule has 2 rings (SSSR count). The second-order valence-electron chi connectivity index (χ2n) is 3.50. The first kappa shape index (κ1) is 9.99. The summed E-state index contributed by atoms with van der Waals surface area (Å²) >= 11 is 0. The van der Waals surface area contributed by atoms with Crippen molar-refractivity contribution in [1.82, 2.24) is 9.88 Å². The van der Waals surface area contributed by atoms with Crippen LogP contribution in [0.25, 0.3) is 5.69 Å². The number of aromatic nitrogens is 1. The summed E-state index contributed by atoms with van der Waals surface area (Å²) in [7, 11) is 0. The fourth-order valence-electron chi connectivity index (χ4n) is 1.67. The van der Waals surface area contributed by atoms with E-state index in [1.165, 1.54) is 11.3 Å². The highest BCUT2D eigenvalue weighted by Gasteiger charge is 2.01. The zero-order valence-electron chi connectivity index (χ0n) is 8.98. The van der Waals surface area contributed by atoms with Crippen LogP contribution in [0.4, 0.5) is 0 Å². The minimum Gasteiger partial charge on any atom is -0.324 e. The molecule has 0 bridgehead atoms. The number of rotatable bonds is 4. The number of nitrogens with one attached hydrogen (secondary N) is 1. The fourth-order valence-corrected chi connectivity index (χ4v) is 1.67. The molecular weight excluding hydrogens is 184 g/mol. The summed E-state index contributed by atoms with van der Waals surface area (Å²) in [5, 5.41) is 3.35. The lowest BCUT2D eigenvalue weighted by Crippen LogP contribution is -2.13. The summed E-state index contributed by atoms with van der Waals surface area (Å²) in [5.41, 5.74) is 2.58. The van der Waals surface area contributed by atoms with E-state index in [1.54, 1.807) is 0 Å². The normalized spacial score (nSPS) is 10.5. The monoisotopic (exact) mass is 200 g/mol. The van der Waals surface area contributed by atoms with E-state index in [0.29, 0.717) is 0 Å². The number of para-hydroxylation sites is 1. The zero-order valence-corrected chi connectivity index (χ0v) is 8.98. The first-order valence-corrected chi connectivity index (χ1v) is 5.34. The summed E-state index contributed by atoms with van der Waals surface area (Å²) < 4.78 is 2.15. The fraction of sp³-hybridized carbons (Fsp3) is 0.231. The largest absolute Gasteiger partial charge is 0.324 e. The van der Waals surface area contributed by atoms with E-state index in [-0.39, 0.29) is 0 Å². The van der Waals surface area contributed by atoms with Crippen LogP contribution in [-0.2, 0) is 6.54 Å². The van der Waals surface area contributed by atoms with Crippen molar-refractivity contribution in [2.24, 2.45) is 0 Å². The van der Waals surface area contributed by atoms with Gasteiger partial charge in [0.15, 0.2) is 0 Å². The van der Waals surface area contributed by atoms with Crippen molar-refractivity contribution in [2.75, 3.05) is 6.54 Å². The van der Waals surface area contributed by atoms with Crippen LogP contribution in [0.2, 0.25) is 0 Å². The maximum absolute atomic E-state index is 3.35. The third-order valence-corrected chi connectivity index (χ3v) is 2.44. The van der Waals surface area contributed by atoms with Gasteiger partial charge in [-0.2, -0.15) is 0 Å². The van der Waals surface area contributed by atoms with Crippen molar-refractivity contribution in [1.29, 1.82) is 0 Å². The van der Waals surface area contributed by atoms with Gasteiger partial charge in [-0.3, -0.25) is 0 Å². The van der Waals surface area contributed by atoms with Gasteiger partial charge in [-0.15, -0.1) is 0 Å². The van der Waals surface area contributed by atoms with E-state index < -0.39 is 0 Å². The summed E-state index contributed by atoms with van der Waals surface area (Å²) in [6, 6.07) is 12.6. The Kier molecular flexibility index (Phi) is 3.20. The van der Waals surface area contributed by atoms with Crippen LogP contribution in [0.15, 0.2) is 48.8 Å². The molecule has 0 aliphatic carbocycles. The number of nitrogens with zero attached hydrogens (tertiary/aromatic N) is 1. The molecule has 0 amide bonds. The third kappa shape index (κ3) is 2.28. The van der Waals surface area contributed by atoms with Crippen LogP contribution >= 0.6 is 0 Å². The molecule has 2 nitrogen and oxygen atoms in total. The van der Waals surface area contributed by atoms with Gasteiger partial charge < -0.3 is 9.88 Å². The highest BCUT2D eigenvalue weighted by Crippen LogP contribution is 2.14. The molecule has 0 unspecified atom stereocenters. The molecular formula is C13H16N2. The first-order chi connectivity index (χ1) is 7.42. The molecule has 2 heteroatoms. The Morgan fingerprint density at radius 3 is 2.53 bits per heavy atom. The summed E-state index contributed by atoms with van der Waals surface area (Å²) in [6.45, 7) is 4.04. The van der Waals surface area contributed by atoms with Crippen molar-refractivity contribution in [3.05, 3.63) is 54.4 Å². The zero-order chi connectivity index (χ0) is 10.5. The third-order valence-electron chi connectivity index (χ3n) is 2.44. The Balaban J connectivity index is 2.30. The van der Waals surface area contributed by atoms with E-state index in [0.717, 1.165) is 13.1 Å². The maximum atomic E-state index is 3.35. The minimum absolute atomic E-state index is 0.921. The smallest absolute Gasteiger partial charge is 0.0494 e. The molecule has 0 aliphatic rings. The molecule has 2 aromatic rings. The second-order valence-corrected chi connectivity index (χ2v) is 3.50. The van der Waals surface area contributed by atoms with Crippen LogP contribution in [0.1, 0.15) is 12.5 Å². The van der Waals surface area contributed by atoms with E-state index in [1.807, 2.05) is 12.1 Å². The quantitative estimate of drug-likeness (QED) is 0.802. The lowest BCUT2D eigenvalue weighted by Gasteiger charge is -2.10. The topological polar surface area (TPSA) is 17.0 Å². The van der Waals surface area contributed by atoms with Gasteiger partial charge in [0.25, 0.3) is 0 Å². The minimum atomic E-state index is 0.921. The van der Waals surface area contributed by atoms with Crippen molar-refractivity contribution < 1.29 is 0 Å². The molecule has 1 aromatic heterocycles. The highest BCUT2D eigenvalue weighted by molar-refractivity contribution is 5.41. The van der Waals surface area contributed by atoms with Crippen LogP contribution in [-0.4, -0.2) is 11.1 Å². The Morgan fingerprint density at radius 1 is 1.07 bits per heavy atom. The average Bonchev–Trinajstić information content (AvgIpc) is 2.80. The Bertz CT molecular complexity index is 404. The number of benzene rings is 1. The van der Waals surface area contributed by atoms with Crippen LogP contribution in [0.3, 0.4) is 0 Å². The Morgan fingerprint density at radius 2 is 1.80 bits per heavy atom. The molecule has 0 atom stereocenters. The Labute approximate surface area is 90.6 Å². The van der Waals surface area contributed by atoms with Gasteiger partial charge in [0, 0.05) is 24.6 Å².